The molecule has 8 heteroatoms. The van der Waals surface area contributed by atoms with Crippen LogP contribution in [-0.4, -0.2) is 24.0 Å². The average molecular weight is 477 g/mol. The summed E-state index contributed by atoms with van der Waals surface area (Å²) in [6.07, 6.45) is 4.70. The summed E-state index contributed by atoms with van der Waals surface area (Å²) < 4.78 is 12.7. The van der Waals surface area contributed by atoms with Crippen LogP contribution in [0.2, 0.25) is 0 Å². The van der Waals surface area contributed by atoms with Gasteiger partial charge < -0.3 is 20.5 Å². The van der Waals surface area contributed by atoms with Crippen molar-refractivity contribution in [3.05, 3.63) is 102 Å². The van der Waals surface area contributed by atoms with Gasteiger partial charge in [0.25, 0.3) is 0 Å². The van der Waals surface area contributed by atoms with Crippen LogP contribution < -0.4 is 15.6 Å². The molecule has 3 aromatic rings. The standard InChI is InChI=1S/C27H29N3O5/c28-25(31)23-14-17-30(18-15-23)16-8-7-13-24(26(32)34-19-21-9-3-1-4-10-21)29-27(33)35-20-22-11-5-2-6-12-22/h1-6,9-12,14-15,17-18,24H,7-8,13,16,19-20H2,(H2-,28,29,31,33)/p+1/t24-/m0/s1. The van der Waals surface area contributed by atoms with Gasteiger partial charge in [-0.1, -0.05) is 60.7 Å². The molecule has 0 unspecified atom stereocenters. The van der Waals surface area contributed by atoms with Gasteiger partial charge in [0.1, 0.15) is 25.8 Å². The van der Waals surface area contributed by atoms with Crippen LogP contribution in [-0.2, 0) is 34.0 Å². The van der Waals surface area contributed by atoms with E-state index in [2.05, 4.69) is 5.32 Å². The van der Waals surface area contributed by atoms with Crippen molar-refractivity contribution in [1.82, 2.24) is 5.32 Å². The van der Waals surface area contributed by atoms with Gasteiger partial charge >= 0.3 is 12.1 Å². The van der Waals surface area contributed by atoms with Gasteiger partial charge in [-0.2, -0.15) is 0 Å². The van der Waals surface area contributed by atoms with Crippen molar-refractivity contribution in [2.45, 2.75) is 45.1 Å². The summed E-state index contributed by atoms with van der Waals surface area (Å²) in [4.78, 5) is 36.3. The summed E-state index contributed by atoms with van der Waals surface area (Å²) in [5, 5.41) is 2.65. The largest absolute Gasteiger partial charge is 0.459 e. The second kappa shape index (κ2) is 13.5. The lowest BCUT2D eigenvalue weighted by molar-refractivity contribution is -0.697. The van der Waals surface area contributed by atoms with E-state index in [1.165, 1.54) is 0 Å². The molecular weight excluding hydrogens is 446 g/mol. The number of carbonyl (C=O) groups excluding carboxylic acids is 3. The molecule has 35 heavy (non-hydrogen) atoms. The lowest BCUT2D eigenvalue weighted by atomic mass is 10.1. The van der Waals surface area contributed by atoms with Crippen molar-refractivity contribution >= 4 is 18.0 Å². The Morgan fingerprint density at radius 2 is 1.37 bits per heavy atom. The molecule has 0 bridgehead atoms. The first-order valence-corrected chi connectivity index (χ1v) is 11.5. The van der Waals surface area contributed by atoms with Gasteiger partial charge in [0.2, 0.25) is 5.91 Å². The van der Waals surface area contributed by atoms with Crippen LogP contribution in [0.3, 0.4) is 0 Å². The molecule has 0 spiro atoms. The number of ether oxygens (including phenoxy) is 2. The Labute approximate surface area is 204 Å². The third kappa shape index (κ3) is 8.92. The van der Waals surface area contributed by atoms with E-state index in [4.69, 9.17) is 15.2 Å². The van der Waals surface area contributed by atoms with E-state index in [0.717, 1.165) is 17.5 Å². The van der Waals surface area contributed by atoms with Crippen LogP contribution >= 0.6 is 0 Å². The number of nitrogens with zero attached hydrogens (tertiary/aromatic N) is 1. The van der Waals surface area contributed by atoms with E-state index in [0.29, 0.717) is 24.9 Å². The summed E-state index contributed by atoms with van der Waals surface area (Å²) in [7, 11) is 0. The summed E-state index contributed by atoms with van der Waals surface area (Å²) in [6, 6.07) is 21.2. The molecule has 0 radical (unpaired) electrons. The van der Waals surface area contributed by atoms with Crippen LogP contribution in [0.25, 0.3) is 0 Å². The zero-order chi connectivity index (χ0) is 24.9. The van der Waals surface area contributed by atoms with Crippen LogP contribution in [0.5, 0.6) is 0 Å². The number of nitrogens with two attached hydrogens (primary N) is 1. The van der Waals surface area contributed by atoms with Crippen molar-refractivity contribution < 1.29 is 28.4 Å². The number of primary amides is 1. The predicted molar refractivity (Wildman–Crippen MR) is 129 cm³/mol. The highest BCUT2D eigenvalue weighted by Crippen LogP contribution is 2.08. The Kier molecular flexibility index (Phi) is 9.80. The van der Waals surface area contributed by atoms with E-state index in [1.54, 1.807) is 24.5 Å². The molecule has 8 nitrogen and oxygen atoms in total. The van der Waals surface area contributed by atoms with Gasteiger partial charge in [0.05, 0.1) is 5.56 Å². The van der Waals surface area contributed by atoms with E-state index in [9.17, 15) is 14.4 Å². The van der Waals surface area contributed by atoms with Crippen molar-refractivity contribution in [2.24, 2.45) is 5.73 Å². The SMILES string of the molecule is NC(=O)c1cc[n+](CCCC[C@H](NC(=O)OCc2ccccc2)C(=O)OCc2ccccc2)cc1. The number of carbonyl (C=O) groups is 3. The van der Waals surface area contributed by atoms with Crippen LogP contribution in [0.1, 0.15) is 40.7 Å². The first-order chi connectivity index (χ1) is 17.0. The normalized spacial score (nSPS) is 11.3. The minimum Gasteiger partial charge on any atom is -0.459 e. The zero-order valence-electron chi connectivity index (χ0n) is 19.5. The Bertz CT molecular complexity index is 1090. The molecule has 2 aromatic carbocycles. The maximum Gasteiger partial charge on any atom is 0.408 e. The fourth-order valence-electron chi connectivity index (χ4n) is 3.40. The number of aromatic nitrogens is 1. The highest BCUT2D eigenvalue weighted by molar-refractivity contribution is 5.92. The topological polar surface area (TPSA) is 112 Å². The van der Waals surface area contributed by atoms with Crippen LogP contribution in [0.4, 0.5) is 4.79 Å². The van der Waals surface area contributed by atoms with Gasteiger partial charge in [-0.15, -0.1) is 0 Å². The number of rotatable bonds is 12. The fourth-order valence-corrected chi connectivity index (χ4v) is 3.40. The highest BCUT2D eigenvalue weighted by atomic mass is 16.6. The minimum absolute atomic E-state index is 0.108. The smallest absolute Gasteiger partial charge is 0.408 e. The number of hydrogen-bond acceptors (Lipinski definition) is 5. The maximum atomic E-state index is 12.8. The third-order valence-electron chi connectivity index (χ3n) is 5.35. The molecule has 0 fully saturated rings. The van der Waals surface area contributed by atoms with Crippen molar-refractivity contribution in [2.75, 3.05) is 0 Å². The number of aryl methyl sites for hydroxylation is 1. The number of esters is 1. The summed E-state index contributed by atoms with van der Waals surface area (Å²) in [5.41, 5.74) is 7.43. The minimum atomic E-state index is -0.829. The number of benzene rings is 2. The molecule has 3 N–H and O–H groups in total. The molecule has 1 aromatic heterocycles. The second-order valence-electron chi connectivity index (χ2n) is 8.04. The molecule has 182 valence electrons. The van der Waals surface area contributed by atoms with Crippen molar-refractivity contribution in [1.29, 1.82) is 0 Å². The Balaban J connectivity index is 1.51. The molecule has 0 aliphatic carbocycles. The first-order valence-electron chi connectivity index (χ1n) is 11.5. The van der Waals surface area contributed by atoms with Crippen molar-refractivity contribution in [3.8, 4) is 0 Å². The van der Waals surface area contributed by atoms with Gasteiger partial charge in [-0.3, -0.25) is 4.79 Å². The van der Waals surface area contributed by atoms with E-state index in [1.807, 2.05) is 65.2 Å². The Hall–Kier alpha value is -4.20. The van der Waals surface area contributed by atoms with Gasteiger partial charge in [0.15, 0.2) is 12.4 Å². The number of pyridine rings is 1. The third-order valence-corrected chi connectivity index (χ3v) is 5.35. The highest BCUT2D eigenvalue weighted by Gasteiger charge is 2.23. The van der Waals surface area contributed by atoms with E-state index < -0.39 is 24.0 Å². The summed E-state index contributed by atoms with van der Waals surface area (Å²) in [6.45, 7) is 0.915. The van der Waals surface area contributed by atoms with Gasteiger partial charge in [-0.25, -0.2) is 14.2 Å². The predicted octanol–water partition coefficient (Wildman–Crippen LogP) is 3.28. The Morgan fingerprint density at radius 3 is 1.94 bits per heavy atom. The quantitative estimate of drug-likeness (QED) is 0.237. The molecule has 2 amide bonds. The monoisotopic (exact) mass is 476 g/mol. The summed E-state index contributed by atoms with van der Waals surface area (Å²) in [5.74, 6) is -0.983. The van der Waals surface area contributed by atoms with E-state index in [-0.39, 0.29) is 13.2 Å². The molecule has 0 aliphatic rings. The summed E-state index contributed by atoms with van der Waals surface area (Å²) >= 11 is 0. The molecule has 1 heterocycles. The Morgan fingerprint density at radius 1 is 0.800 bits per heavy atom. The lowest BCUT2D eigenvalue weighted by Crippen LogP contribution is -2.42. The van der Waals surface area contributed by atoms with E-state index >= 15 is 0 Å². The number of amides is 2. The maximum absolute atomic E-state index is 12.8. The van der Waals surface area contributed by atoms with Gasteiger partial charge in [0, 0.05) is 18.6 Å². The zero-order valence-corrected chi connectivity index (χ0v) is 19.5. The average Bonchev–Trinajstić information content (AvgIpc) is 2.89. The van der Waals surface area contributed by atoms with Gasteiger partial charge in [-0.05, 0) is 24.0 Å². The second-order valence-corrected chi connectivity index (χ2v) is 8.04. The molecule has 1 atom stereocenters. The van der Waals surface area contributed by atoms with Crippen LogP contribution in [0, 0.1) is 0 Å². The number of nitrogens with one attached hydrogen (secondary N) is 1. The number of unbranched alkanes of at least 4 members (excludes halogenated alkanes) is 1. The molecular formula is C27H30N3O5+. The van der Waals surface area contributed by atoms with Crippen LogP contribution in [0.15, 0.2) is 85.2 Å². The fraction of sp³-hybridized carbons (Fsp3) is 0.259. The first kappa shape index (κ1) is 25.4. The van der Waals surface area contributed by atoms with Crippen molar-refractivity contribution in [3.63, 3.8) is 0 Å². The molecule has 3 rings (SSSR count). The molecule has 0 aliphatic heterocycles. The number of hydrogen-bond donors (Lipinski definition) is 2. The number of alkyl carbamates (subject to hydrolysis) is 1. The molecule has 0 saturated carbocycles. The molecule has 0 saturated heterocycles. The lowest BCUT2D eigenvalue weighted by Gasteiger charge is -2.17.